The molecule has 0 aliphatic carbocycles. The van der Waals surface area contributed by atoms with Gasteiger partial charge in [-0.1, -0.05) is 18.2 Å². The Morgan fingerprint density at radius 2 is 2.00 bits per heavy atom. The molecule has 0 radical (unpaired) electrons. The molecule has 124 valence electrons. The third kappa shape index (κ3) is 4.32. The average Bonchev–Trinajstić information content (AvgIpc) is 3.10. The fraction of sp³-hybridized carbons (Fsp3) is 0.412. The fourth-order valence-electron chi connectivity index (χ4n) is 2.69. The molecule has 0 bridgehead atoms. The standard InChI is InChI=1S/C17H21N7/c18-13-16-20-14-24(22-16)12-9-19-17(23-10-5-2-6-11-23)21-15-7-3-1-4-8-15/h1,3-4,7-8,14H,2,5-6,9-12H2,(H,19,21). The number of nitrogens with zero attached hydrogens (tertiary/aromatic N) is 6. The first kappa shape index (κ1) is 16.0. The molecule has 7 heteroatoms. The molecule has 0 unspecified atom stereocenters. The number of para-hydroxylation sites is 1. The van der Waals surface area contributed by atoms with Crippen molar-refractivity contribution in [3.8, 4) is 6.07 Å². The van der Waals surface area contributed by atoms with Crippen LogP contribution in [0.1, 0.15) is 25.1 Å². The van der Waals surface area contributed by atoms with E-state index in [4.69, 9.17) is 10.3 Å². The lowest BCUT2D eigenvalue weighted by Crippen LogP contribution is -2.40. The maximum Gasteiger partial charge on any atom is 0.252 e. The van der Waals surface area contributed by atoms with Crippen LogP contribution in [0.4, 0.5) is 5.69 Å². The van der Waals surface area contributed by atoms with E-state index in [2.05, 4.69) is 20.3 Å². The predicted octanol–water partition coefficient (Wildman–Crippen LogP) is 2.10. The summed E-state index contributed by atoms with van der Waals surface area (Å²) < 4.78 is 1.65. The summed E-state index contributed by atoms with van der Waals surface area (Å²) in [6.45, 7) is 3.24. The Hall–Kier alpha value is -2.88. The first-order valence-corrected chi connectivity index (χ1v) is 8.26. The molecule has 0 saturated carbocycles. The third-order valence-corrected chi connectivity index (χ3v) is 3.91. The lowest BCUT2D eigenvalue weighted by atomic mass is 10.1. The Bertz CT molecular complexity index is 708. The van der Waals surface area contributed by atoms with Gasteiger partial charge in [0, 0.05) is 18.8 Å². The number of benzene rings is 1. The molecule has 1 aliphatic rings. The van der Waals surface area contributed by atoms with Gasteiger partial charge in [-0.25, -0.2) is 9.67 Å². The summed E-state index contributed by atoms with van der Waals surface area (Å²) in [5.41, 5.74) is 1.04. The summed E-state index contributed by atoms with van der Waals surface area (Å²) in [4.78, 5) is 10.9. The Balaban J connectivity index is 1.67. The topological polar surface area (TPSA) is 82.1 Å². The zero-order valence-electron chi connectivity index (χ0n) is 13.6. The molecule has 24 heavy (non-hydrogen) atoms. The minimum absolute atomic E-state index is 0.192. The van der Waals surface area contributed by atoms with Crippen molar-refractivity contribution in [2.24, 2.45) is 4.99 Å². The SMILES string of the molecule is N#Cc1ncn(CCN=C(Nc2ccccc2)N2CCCCC2)n1. The van der Waals surface area contributed by atoms with E-state index in [9.17, 15) is 0 Å². The number of nitrogens with one attached hydrogen (secondary N) is 1. The van der Waals surface area contributed by atoms with E-state index < -0.39 is 0 Å². The van der Waals surface area contributed by atoms with Crippen LogP contribution in [0.2, 0.25) is 0 Å². The van der Waals surface area contributed by atoms with E-state index in [1.807, 2.05) is 36.4 Å². The largest absolute Gasteiger partial charge is 0.343 e. The Morgan fingerprint density at radius 1 is 1.21 bits per heavy atom. The van der Waals surface area contributed by atoms with Gasteiger partial charge in [0.2, 0.25) is 0 Å². The summed E-state index contributed by atoms with van der Waals surface area (Å²) in [6.07, 6.45) is 5.25. The van der Waals surface area contributed by atoms with Gasteiger partial charge < -0.3 is 10.2 Å². The predicted molar refractivity (Wildman–Crippen MR) is 92.5 cm³/mol. The van der Waals surface area contributed by atoms with Crippen molar-refractivity contribution in [1.82, 2.24) is 19.7 Å². The second kappa shape index (κ2) is 8.11. The number of likely N-dealkylation sites (tertiary alicyclic amines) is 1. The number of hydrogen-bond acceptors (Lipinski definition) is 4. The number of nitriles is 1. The molecule has 3 rings (SSSR count). The van der Waals surface area contributed by atoms with Crippen molar-refractivity contribution in [3.05, 3.63) is 42.5 Å². The maximum absolute atomic E-state index is 8.77. The number of aliphatic imine (C=N–C) groups is 1. The van der Waals surface area contributed by atoms with Crippen LogP contribution >= 0.6 is 0 Å². The van der Waals surface area contributed by atoms with E-state index in [-0.39, 0.29) is 5.82 Å². The highest BCUT2D eigenvalue weighted by molar-refractivity contribution is 5.93. The first-order valence-electron chi connectivity index (χ1n) is 8.26. The van der Waals surface area contributed by atoms with E-state index in [1.54, 1.807) is 11.0 Å². The summed E-state index contributed by atoms with van der Waals surface area (Å²) in [5.74, 6) is 1.10. The van der Waals surface area contributed by atoms with Gasteiger partial charge in [0.05, 0.1) is 13.1 Å². The van der Waals surface area contributed by atoms with E-state index in [0.29, 0.717) is 13.1 Å². The lowest BCUT2D eigenvalue weighted by molar-refractivity contribution is 0.340. The second-order valence-electron chi connectivity index (χ2n) is 5.69. The molecule has 2 heterocycles. The second-order valence-corrected chi connectivity index (χ2v) is 5.69. The first-order chi connectivity index (χ1) is 11.8. The summed E-state index contributed by atoms with van der Waals surface area (Å²) in [6, 6.07) is 12.0. The molecule has 0 amide bonds. The quantitative estimate of drug-likeness (QED) is 0.688. The van der Waals surface area contributed by atoms with Crippen LogP contribution < -0.4 is 5.32 Å². The molecule has 1 saturated heterocycles. The average molecular weight is 323 g/mol. The van der Waals surface area contributed by atoms with Crippen molar-refractivity contribution in [2.45, 2.75) is 25.8 Å². The summed E-state index contributed by atoms with van der Waals surface area (Å²) in [5, 5.41) is 16.3. The fourth-order valence-corrected chi connectivity index (χ4v) is 2.69. The molecule has 1 aliphatic heterocycles. The van der Waals surface area contributed by atoms with Gasteiger partial charge in [-0.05, 0) is 31.4 Å². The molecule has 0 spiro atoms. The number of guanidine groups is 1. The molecule has 1 aromatic heterocycles. The van der Waals surface area contributed by atoms with Crippen molar-refractivity contribution in [3.63, 3.8) is 0 Å². The summed E-state index contributed by atoms with van der Waals surface area (Å²) >= 11 is 0. The highest BCUT2D eigenvalue weighted by atomic mass is 15.3. The monoisotopic (exact) mass is 323 g/mol. The van der Waals surface area contributed by atoms with Crippen molar-refractivity contribution >= 4 is 11.6 Å². The van der Waals surface area contributed by atoms with Gasteiger partial charge in [-0.2, -0.15) is 5.26 Å². The van der Waals surface area contributed by atoms with Crippen LogP contribution in [0, 0.1) is 11.3 Å². The Labute approximate surface area is 141 Å². The van der Waals surface area contributed by atoms with Gasteiger partial charge >= 0.3 is 0 Å². The maximum atomic E-state index is 8.77. The van der Waals surface area contributed by atoms with Crippen LogP contribution in [0.15, 0.2) is 41.7 Å². The Morgan fingerprint density at radius 3 is 2.71 bits per heavy atom. The van der Waals surface area contributed by atoms with Crippen LogP contribution in [-0.2, 0) is 6.54 Å². The molecule has 1 N–H and O–H groups in total. The van der Waals surface area contributed by atoms with Crippen molar-refractivity contribution in [1.29, 1.82) is 5.26 Å². The summed E-state index contributed by atoms with van der Waals surface area (Å²) in [7, 11) is 0. The van der Waals surface area contributed by atoms with Gasteiger partial charge in [0.15, 0.2) is 5.96 Å². The molecule has 1 aromatic carbocycles. The number of hydrogen-bond donors (Lipinski definition) is 1. The van der Waals surface area contributed by atoms with Gasteiger partial charge in [0.1, 0.15) is 12.4 Å². The number of rotatable bonds is 4. The van der Waals surface area contributed by atoms with E-state index in [0.717, 1.165) is 24.7 Å². The molecular weight excluding hydrogens is 302 g/mol. The highest BCUT2D eigenvalue weighted by Crippen LogP contribution is 2.12. The normalized spacial score (nSPS) is 15.1. The van der Waals surface area contributed by atoms with Crippen LogP contribution in [0.3, 0.4) is 0 Å². The third-order valence-electron chi connectivity index (χ3n) is 3.91. The molecule has 1 fully saturated rings. The van der Waals surface area contributed by atoms with Crippen LogP contribution in [0.25, 0.3) is 0 Å². The van der Waals surface area contributed by atoms with Crippen LogP contribution in [-0.4, -0.2) is 45.3 Å². The number of piperidine rings is 1. The zero-order chi connectivity index (χ0) is 16.6. The molecule has 2 aromatic rings. The number of aromatic nitrogens is 3. The van der Waals surface area contributed by atoms with E-state index >= 15 is 0 Å². The van der Waals surface area contributed by atoms with Crippen molar-refractivity contribution < 1.29 is 0 Å². The highest BCUT2D eigenvalue weighted by Gasteiger charge is 2.14. The minimum Gasteiger partial charge on any atom is -0.343 e. The van der Waals surface area contributed by atoms with Gasteiger partial charge in [-0.15, -0.1) is 5.10 Å². The lowest BCUT2D eigenvalue weighted by Gasteiger charge is -2.30. The van der Waals surface area contributed by atoms with Gasteiger partial charge in [-0.3, -0.25) is 4.99 Å². The van der Waals surface area contributed by atoms with E-state index in [1.165, 1.54) is 19.3 Å². The zero-order valence-corrected chi connectivity index (χ0v) is 13.6. The molecule has 0 atom stereocenters. The number of anilines is 1. The minimum atomic E-state index is 0.192. The van der Waals surface area contributed by atoms with Crippen molar-refractivity contribution in [2.75, 3.05) is 25.0 Å². The molecular formula is C17H21N7. The molecule has 7 nitrogen and oxygen atoms in total. The Kier molecular flexibility index (Phi) is 5.40. The van der Waals surface area contributed by atoms with Gasteiger partial charge in [0.25, 0.3) is 5.82 Å². The van der Waals surface area contributed by atoms with Crippen LogP contribution in [0.5, 0.6) is 0 Å². The smallest absolute Gasteiger partial charge is 0.252 e.